The highest BCUT2D eigenvalue weighted by atomic mass is 19.1. The standard InChI is InChI=1S/C22H21F2N3O3/c1-14-19(21(28)26-9-11-30-12-10-26)20(17-8-7-15(23)13-18(17)24)25-22(29)27(14)16-5-3-2-4-6-16/h2-8,13,20H,9-12H2,1H3,(H,25,29). The lowest BCUT2D eigenvalue weighted by Crippen LogP contribution is -2.51. The fourth-order valence-electron chi connectivity index (χ4n) is 3.81. The molecule has 4 rings (SSSR count). The van der Waals surface area contributed by atoms with E-state index in [0.29, 0.717) is 37.7 Å². The van der Waals surface area contributed by atoms with Crippen molar-refractivity contribution in [3.8, 4) is 0 Å². The van der Waals surface area contributed by atoms with Crippen LogP contribution in [0, 0.1) is 11.6 Å². The van der Waals surface area contributed by atoms with Crippen LogP contribution >= 0.6 is 0 Å². The average molecular weight is 413 g/mol. The molecule has 0 saturated carbocycles. The number of nitrogens with zero attached hydrogens (tertiary/aromatic N) is 2. The second-order valence-electron chi connectivity index (χ2n) is 7.12. The zero-order valence-corrected chi connectivity index (χ0v) is 16.4. The number of nitrogens with one attached hydrogen (secondary N) is 1. The van der Waals surface area contributed by atoms with E-state index in [1.165, 1.54) is 11.0 Å². The number of allylic oxidation sites excluding steroid dienone is 1. The molecular formula is C22H21F2N3O3. The summed E-state index contributed by atoms with van der Waals surface area (Å²) in [6, 6.07) is 10.5. The summed E-state index contributed by atoms with van der Waals surface area (Å²) in [5, 5.41) is 2.73. The number of morpholine rings is 1. The Bertz CT molecular complexity index is 1000. The number of anilines is 1. The van der Waals surface area contributed by atoms with Crippen LogP contribution in [0.15, 0.2) is 59.8 Å². The monoisotopic (exact) mass is 413 g/mol. The van der Waals surface area contributed by atoms with Crippen LogP contribution in [0.5, 0.6) is 0 Å². The van der Waals surface area contributed by atoms with Crippen LogP contribution in [0.1, 0.15) is 18.5 Å². The normalized spacial score (nSPS) is 19.7. The van der Waals surface area contributed by atoms with Gasteiger partial charge in [0.15, 0.2) is 0 Å². The van der Waals surface area contributed by atoms with E-state index in [0.717, 1.165) is 12.1 Å². The Morgan fingerprint density at radius 2 is 1.80 bits per heavy atom. The minimum atomic E-state index is -1.03. The lowest BCUT2D eigenvalue weighted by molar-refractivity contribution is -0.131. The Labute approximate surface area is 172 Å². The van der Waals surface area contributed by atoms with E-state index in [1.807, 2.05) is 6.07 Å². The Morgan fingerprint density at radius 1 is 1.10 bits per heavy atom. The summed E-state index contributed by atoms with van der Waals surface area (Å²) < 4.78 is 33.4. The van der Waals surface area contributed by atoms with Crippen molar-refractivity contribution in [2.45, 2.75) is 13.0 Å². The van der Waals surface area contributed by atoms with Crippen LogP contribution in [0.3, 0.4) is 0 Å². The van der Waals surface area contributed by atoms with E-state index in [1.54, 1.807) is 36.1 Å². The molecular weight excluding hydrogens is 392 g/mol. The van der Waals surface area contributed by atoms with Crippen LogP contribution in [0.25, 0.3) is 0 Å². The predicted molar refractivity (Wildman–Crippen MR) is 107 cm³/mol. The molecule has 2 heterocycles. The van der Waals surface area contributed by atoms with Crippen molar-refractivity contribution in [2.75, 3.05) is 31.2 Å². The summed E-state index contributed by atoms with van der Waals surface area (Å²) in [4.78, 5) is 29.4. The molecule has 156 valence electrons. The van der Waals surface area contributed by atoms with Gasteiger partial charge in [0.05, 0.1) is 30.5 Å². The molecule has 0 radical (unpaired) electrons. The molecule has 1 unspecified atom stereocenters. The number of carbonyl (C=O) groups is 2. The largest absolute Gasteiger partial charge is 0.378 e. The molecule has 1 fully saturated rings. The van der Waals surface area contributed by atoms with Gasteiger partial charge in [-0.05, 0) is 25.1 Å². The second kappa shape index (κ2) is 8.23. The first-order valence-electron chi connectivity index (χ1n) is 9.66. The number of rotatable bonds is 3. The molecule has 6 nitrogen and oxygen atoms in total. The van der Waals surface area contributed by atoms with Gasteiger partial charge in [0.25, 0.3) is 5.91 Å². The number of halogens is 2. The van der Waals surface area contributed by atoms with Crippen LogP contribution in [-0.4, -0.2) is 43.1 Å². The maximum atomic E-state index is 14.6. The van der Waals surface area contributed by atoms with Crippen LogP contribution in [0.2, 0.25) is 0 Å². The van der Waals surface area contributed by atoms with Crippen LogP contribution < -0.4 is 10.2 Å². The van der Waals surface area contributed by atoms with E-state index in [2.05, 4.69) is 5.32 Å². The summed E-state index contributed by atoms with van der Waals surface area (Å²) in [6.07, 6.45) is 0. The zero-order chi connectivity index (χ0) is 21.3. The minimum absolute atomic E-state index is 0.0356. The van der Waals surface area contributed by atoms with Crippen LogP contribution in [-0.2, 0) is 9.53 Å². The molecule has 0 aromatic heterocycles. The molecule has 2 aliphatic rings. The van der Waals surface area contributed by atoms with Gasteiger partial charge in [0.1, 0.15) is 11.6 Å². The van der Waals surface area contributed by atoms with Crippen molar-refractivity contribution < 1.29 is 23.1 Å². The highest BCUT2D eigenvalue weighted by Crippen LogP contribution is 2.35. The van der Waals surface area contributed by atoms with Gasteiger partial charge >= 0.3 is 6.03 Å². The maximum Gasteiger partial charge on any atom is 0.327 e. The molecule has 0 bridgehead atoms. The molecule has 1 N–H and O–H groups in total. The second-order valence-corrected chi connectivity index (χ2v) is 7.12. The number of para-hydroxylation sites is 1. The molecule has 2 aliphatic heterocycles. The van der Waals surface area contributed by atoms with E-state index in [-0.39, 0.29) is 17.0 Å². The molecule has 0 aliphatic carbocycles. The van der Waals surface area contributed by atoms with Gasteiger partial charge in [-0.15, -0.1) is 0 Å². The molecule has 8 heteroatoms. The van der Waals surface area contributed by atoms with E-state index in [4.69, 9.17) is 4.74 Å². The highest BCUT2D eigenvalue weighted by molar-refractivity contribution is 6.04. The first-order chi connectivity index (χ1) is 14.5. The molecule has 2 aromatic carbocycles. The number of ether oxygens (including phenoxy) is 1. The first-order valence-corrected chi connectivity index (χ1v) is 9.66. The maximum absolute atomic E-state index is 14.6. The minimum Gasteiger partial charge on any atom is -0.378 e. The summed E-state index contributed by atoms with van der Waals surface area (Å²) in [6.45, 7) is 3.26. The lowest BCUT2D eigenvalue weighted by atomic mass is 9.93. The average Bonchev–Trinajstić information content (AvgIpc) is 2.74. The SMILES string of the molecule is CC1=C(C(=O)N2CCOCC2)C(c2ccc(F)cc2F)NC(=O)N1c1ccccc1. The van der Waals surface area contributed by atoms with Gasteiger partial charge in [0.2, 0.25) is 0 Å². The topological polar surface area (TPSA) is 61.9 Å². The third-order valence-corrected chi connectivity index (χ3v) is 5.30. The van der Waals surface area contributed by atoms with Crippen molar-refractivity contribution in [2.24, 2.45) is 0 Å². The van der Waals surface area contributed by atoms with Gasteiger partial charge in [-0.25, -0.2) is 13.6 Å². The van der Waals surface area contributed by atoms with E-state index >= 15 is 0 Å². The quantitative estimate of drug-likeness (QED) is 0.839. The van der Waals surface area contributed by atoms with E-state index < -0.39 is 23.7 Å². The predicted octanol–water partition coefficient (Wildman–Crippen LogP) is 3.37. The Balaban J connectivity index is 1.84. The van der Waals surface area contributed by atoms with Gasteiger partial charge in [-0.3, -0.25) is 9.69 Å². The van der Waals surface area contributed by atoms with Crippen molar-refractivity contribution in [1.29, 1.82) is 0 Å². The summed E-state index contributed by atoms with van der Waals surface area (Å²) in [5.74, 6) is -1.87. The molecule has 30 heavy (non-hydrogen) atoms. The Kier molecular flexibility index (Phi) is 5.50. The van der Waals surface area contributed by atoms with Crippen molar-refractivity contribution in [3.05, 3.63) is 77.0 Å². The van der Waals surface area contributed by atoms with Crippen LogP contribution in [0.4, 0.5) is 19.3 Å². The lowest BCUT2D eigenvalue weighted by Gasteiger charge is -2.38. The zero-order valence-electron chi connectivity index (χ0n) is 16.4. The number of urea groups is 1. The van der Waals surface area contributed by atoms with Gasteiger partial charge in [0, 0.05) is 30.4 Å². The number of carbonyl (C=O) groups excluding carboxylic acids is 2. The number of amides is 3. The third kappa shape index (κ3) is 3.66. The highest BCUT2D eigenvalue weighted by Gasteiger charge is 2.39. The number of hydrogen-bond donors (Lipinski definition) is 1. The van der Waals surface area contributed by atoms with Crippen molar-refractivity contribution in [3.63, 3.8) is 0 Å². The van der Waals surface area contributed by atoms with Gasteiger partial charge in [-0.2, -0.15) is 0 Å². The molecule has 3 amide bonds. The summed E-state index contributed by atoms with van der Waals surface area (Å²) >= 11 is 0. The molecule has 2 aromatic rings. The Hall–Kier alpha value is -3.26. The van der Waals surface area contributed by atoms with Crippen molar-refractivity contribution in [1.82, 2.24) is 10.2 Å². The van der Waals surface area contributed by atoms with E-state index in [9.17, 15) is 18.4 Å². The van der Waals surface area contributed by atoms with Gasteiger partial charge in [-0.1, -0.05) is 24.3 Å². The van der Waals surface area contributed by atoms with Crippen molar-refractivity contribution >= 4 is 17.6 Å². The molecule has 0 spiro atoms. The number of benzene rings is 2. The molecule has 1 saturated heterocycles. The third-order valence-electron chi connectivity index (χ3n) is 5.30. The summed E-state index contributed by atoms with van der Waals surface area (Å²) in [5.41, 5.74) is 1.26. The summed E-state index contributed by atoms with van der Waals surface area (Å²) in [7, 11) is 0. The fraction of sp³-hybridized carbons (Fsp3) is 0.273. The Morgan fingerprint density at radius 3 is 2.47 bits per heavy atom. The molecule has 1 atom stereocenters. The smallest absolute Gasteiger partial charge is 0.327 e. The first kappa shape index (κ1) is 20.0. The number of hydrogen-bond acceptors (Lipinski definition) is 3. The fourth-order valence-corrected chi connectivity index (χ4v) is 3.81. The van der Waals surface area contributed by atoms with Gasteiger partial charge < -0.3 is 15.0 Å².